The van der Waals surface area contributed by atoms with Crippen molar-refractivity contribution in [3.05, 3.63) is 47.4 Å². The summed E-state index contributed by atoms with van der Waals surface area (Å²) >= 11 is 0. The summed E-state index contributed by atoms with van der Waals surface area (Å²) in [5.74, 6) is -0.952. The van der Waals surface area contributed by atoms with Gasteiger partial charge in [-0.15, -0.1) is 0 Å². The van der Waals surface area contributed by atoms with Gasteiger partial charge in [-0.25, -0.2) is 9.18 Å². The van der Waals surface area contributed by atoms with E-state index in [2.05, 4.69) is 4.99 Å². The van der Waals surface area contributed by atoms with Crippen LogP contribution in [-0.2, 0) is 4.79 Å². The molecule has 0 fully saturated rings. The molecule has 1 aliphatic heterocycles. The summed E-state index contributed by atoms with van der Waals surface area (Å²) in [6, 6.07) is 4.13. The molecule has 0 aromatic heterocycles. The molecule has 2 rings (SSSR count). The van der Waals surface area contributed by atoms with Gasteiger partial charge in [0.2, 0.25) is 0 Å². The third kappa shape index (κ3) is 2.88. The first-order chi connectivity index (χ1) is 9.11. The summed E-state index contributed by atoms with van der Waals surface area (Å²) in [4.78, 5) is 14.9. The summed E-state index contributed by atoms with van der Waals surface area (Å²) in [6.07, 6.45) is 4.59. The molecule has 0 bridgehead atoms. The molecule has 0 saturated carbocycles. The number of allylic oxidation sites excluding steroid dienone is 2. The molecule has 1 heterocycles. The Labute approximate surface area is 109 Å². The van der Waals surface area contributed by atoms with Crippen molar-refractivity contribution in [3.63, 3.8) is 0 Å². The first kappa shape index (κ1) is 13.0. The Bertz CT molecular complexity index is 603. The number of carboxylic acids is 1. The van der Waals surface area contributed by atoms with Gasteiger partial charge < -0.3 is 9.84 Å². The molecular formula is C14H12FNO3. The highest BCUT2D eigenvalue weighted by atomic mass is 19.1. The van der Waals surface area contributed by atoms with E-state index in [9.17, 15) is 9.18 Å². The predicted molar refractivity (Wildman–Crippen MR) is 69.8 cm³/mol. The van der Waals surface area contributed by atoms with Gasteiger partial charge in [-0.2, -0.15) is 0 Å². The number of benzene rings is 1. The van der Waals surface area contributed by atoms with E-state index >= 15 is 0 Å². The SMILES string of the molecule is COc1ccc(F)cc1C1=CC=NC=C(C(=O)O)C1. The summed E-state index contributed by atoms with van der Waals surface area (Å²) in [5.41, 5.74) is 1.32. The zero-order valence-electron chi connectivity index (χ0n) is 10.3. The zero-order chi connectivity index (χ0) is 13.8. The Morgan fingerprint density at radius 1 is 1.47 bits per heavy atom. The van der Waals surface area contributed by atoms with Crippen LogP contribution >= 0.6 is 0 Å². The third-order valence-corrected chi connectivity index (χ3v) is 2.76. The molecule has 0 unspecified atom stereocenters. The summed E-state index contributed by atoms with van der Waals surface area (Å²) in [6.45, 7) is 0. The van der Waals surface area contributed by atoms with Gasteiger partial charge in [0.25, 0.3) is 0 Å². The van der Waals surface area contributed by atoms with Crippen LogP contribution in [0.25, 0.3) is 5.57 Å². The molecule has 1 aromatic rings. The van der Waals surface area contributed by atoms with E-state index in [0.717, 1.165) is 0 Å². The molecule has 98 valence electrons. The summed E-state index contributed by atoms with van der Waals surface area (Å²) in [7, 11) is 1.48. The Morgan fingerprint density at radius 2 is 2.26 bits per heavy atom. The van der Waals surface area contributed by atoms with E-state index in [1.54, 1.807) is 6.08 Å². The number of aliphatic imine (C=N–C) groups is 1. The van der Waals surface area contributed by atoms with Gasteiger partial charge in [0.15, 0.2) is 0 Å². The van der Waals surface area contributed by atoms with Crippen molar-refractivity contribution in [1.82, 2.24) is 0 Å². The fraction of sp³-hybridized carbons (Fsp3) is 0.143. The molecule has 0 radical (unpaired) electrons. The second-order valence-electron chi connectivity index (χ2n) is 3.97. The molecule has 1 aliphatic rings. The number of ether oxygens (including phenoxy) is 1. The van der Waals surface area contributed by atoms with E-state index in [0.29, 0.717) is 16.9 Å². The highest BCUT2D eigenvalue weighted by Gasteiger charge is 2.16. The van der Waals surface area contributed by atoms with Crippen LogP contribution in [0, 0.1) is 5.82 Å². The standard InChI is InChI=1S/C14H12FNO3/c1-19-13-3-2-11(15)7-12(13)9-4-5-16-8-10(6-9)14(17)18/h2-5,7-8H,6H2,1H3,(H,17,18). The number of hydrogen-bond acceptors (Lipinski definition) is 3. The normalized spacial score (nSPS) is 14.4. The second kappa shape index (κ2) is 5.48. The lowest BCUT2D eigenvalue weighted by atomic mass is 9.97. The van der Waals surface area contributed by atoms with Gasteiger partial charge in [-0.05, 0) is 29.8 Å². The lowest BCUT2D eigenvalue weighted by Crippen LogP contribution is -2.02. The Balaban J connectivity index is 2.44. The van der Waals surface area contributed by atoms with Crippen molar-refractivity contribution < 1.29 is 19.0 Å². The van der Waals surface area contributed by atoms with Crippen LogP contribution in [0.4, 0.5) is 4.39 Å². The minimum absolute atomic E-state index is 0.145. The molecule has 0 atom stereocenters. The van der Waals surface area contributed by atoms with Crippen LogP contribution in [0.1, 0.15) is 12.0 Å². The fourth-order valence-corrected chi connectivity index (χ4v) is 1.82. The van der Waals surface area contributed by atoms with Crippen LogP contribution in [-0.4, -0.2) is 24.4 Å². The predicted octanol–water partition coefficient (Wildman–Crippen LogP) is 2.66. The maximum Gasteiger partial charge on any atom is 0.333 e. The zero-order valence-corrected chi connectivity index (χ0v) is 10.3. The molecule has 1 N–H and O–H groups in total. The Morgan fingerprint density at radius 3 is 2.95 bits per heavy atom. The minimum Gasteiger partial charge on any atom is -0.496 e. The number of aliphatic carboxylic acids is 1. The highest BCUT2D eigenvalue weighted by Crippen LogP contribution is 2.31. The van der Waals surface area contributed by atoms with Crippen LogP contribution in [0.15, 0.2) is 41.0 Å². The van der Waals surface area contributed by atoms with Gasteiger partial charge in [-0.3, -0.25) is 4.99 Å². The Hall–Kier alpha value is -2.43. The summed E-state index contributed by atoms with van der Waals surface area (Å²) in [5, 5.41) is 9.03. The van der Waals surface area contributed by atoms with Crippen molar-refractivity contribution in [2.24, 2.45) is 4.99 Å². The Kier molecular flexibility index (Phi) is 3.75. The maximum absolute atomic E-state index is 13.3. The molecule has 0 aliphatic carbocycles. The van der Waals surface area contributed by atoms with Crippen molar-refractivity contribution in [3.8, 4) is 5.75 Å². The van der Waals surface area contributed by atoms with Crippen LogP contribution in [0.2, 0.25) is 0 Å². The van der Waals surface area contributed by atoms with Crippen molar-refractivity contribution >= 4 is 17.8 Å². The van der Waals surface area contributed by atoms with E-state index in [4.69, 9.17) is 9.84 Å². The van der Waals surface area contributed by atoms with E-state index < -0.39 is 11.8 Å². The van der Waals surface area contributed by atoms with Gasteiger partial charge in [0, 0.05) is 24.4 Å². The fourth-order valence-electron chi connectivity index (χ4n) is 1.82. The largest absolute Gasteiger partial charge is 0.496 e. The smallest absolute Gasteiger partial charge is 0.333 e. The van der Waals surface area contributed by atoms with E-state index in [1.807, 2.05) is 0 Å². The molecular weight excluding hydrogens is 249 g/mol. The number of nitrogens with zero attached hydrogens (tertiary/aromatic N) is 1. The van der Waals surface area contributed by atoms with Crippen LogP contribution in [0.3, 0.4) is 0 Å². The lowest BCUT2D eigenvalue weighted by Gasteiger charge is -2.11. The number of methoxy groups -OCH3 is 1. The average Bonchev–Trinajstić information content (AvgIpc) is 2.64. The number of hydrogen-bond donors (Lipinski definition) is 1. The van der Waals surface area contributed by atoms with Crippen molar-refractivity contribution in [2.75, 3.05) is 7.11 Å². The number of halogens is 1. The van der Waals surface area contributed by atoms with Crippen LogP contribution < -0.4 is 4.74 Å². The van der Waals surface area contributed by atoms with E-state index in [1.165, 1.54) is 37.7 Å². The van der Waals surface area contributed by atoms with Gasteiger partial charge in [-0.1, -0.05) is 0 Å². The monoisotopic (exact) mass is 261 g/mol. The van der Waals surface area contributed by atoms with Gasteiger partial charge >= 0.3 is 5.97 Å². The number of carbonyl (C=O) groups is 1. The maximum atomic E-state index is 13.3. The first-order valence-corrected chi connectivity index (χ1v) is 5.60. The molecule has 0 amide bonds. The highest BCUT2D eigenvalue weighted by molar-refractivity contribution is 5.95. The number of carboxylic acid groups (broad SMARTS) is 1. The van der Waals surface area contributed by atoms with Crippen molar-refractivity contribution in [2.45, 2.75) is 6.42 Å². The first-order valence-electron chi connectivity index (χ1n) is 5.60. The molecule has 5 heteroatoms. The van der Waals surface area contributed by atoms with Crippen LogP contribution in [0.5, 0.6) is 5.75 Å². The third-order valence-electron chi connectivity index (χ3n) is 2.76. The quantitative estimate of drug-likeness (QED) is 0.910. The molecule has 4 nitrogen and oxygen atoms in total. The molecule has 19 heavy (non-hydrogen) atoms. The van der Waals surface area contributed by atoms with Gasteiger partial charge in [0.05, 0.1) is 12.7 Å². The molecule has 0 saturated heterocycles. The molecule has 0 spiro atoms. The lowest BCUT2D eigenvalue weighted by molar-refractivity contribution is -0.132. The van der Waals surface area contributed by atoms with Crippen molar-refractivity contribution in [1.29, 1.82) is 0 Å². The van der Waals surface area contributed by atoms with E-state index in [-0.39, 0.29) is 12.0 Å². The molecule has 1 aromatic carbocycles. The minimum atomic E-state index is -1.04. The van der Waals surface area contributed by atoms with Gasteiger partial charge in [0.1, 0.15) is 11.6 Å². The summed E-state index contributed by atoms with van der Waals surface area (Å²) < 4.78 is 18.5. The topological polar surface area (TPSA) is 58.9 Å². The average molecular weight is 261 g/mol. The number of rotatable bonds is 3. The second-order valence-corrected chi connectivity index (χ2v) is 3.97.